The fraction of sp³-hybridized carbons (Fsp3) is 0.393. The fourth-order valence-electron chi connectivity index (χ4n) is 4.36. The van der Waals surface area contributed by atoms with Crippen molar-refractivity contribution in [2.75, 3.05) is 39.6 Å². The summed E-state index contributed by atoms with van der Waals surface area (Å²) < 4.78 is 52.1. The molecular weight excluding hydrogens is 541 g/mol. The van der Waals surface area contributed by atoms with E-state index in [2.05, 4.69) is 37.9 Å². The summed E-state index contributed by atoms with van der Waals surface area (Å²) in [6.45, 7) is 1.89. The first-order valence-corrected chi connectivity index (χ1v) is 13.0. The average Bonchev–Trinajstić information content (AvgIpc) is 2.95. The summed E-state index contributed by atoms with van der Waals surface area (Å²) in [6, 6.07) is 11.2. The van der Waals surface area contributed by atoms with E-state index >= 15 is 0 Å². The minimum absolute atomic E-state index is 0.105. The number of hydrogen-bond donors (Lipinski definition) is 4. The van der Waals surface area contributed by atoms with Gasteiger partial charge in [-0.1, -0.05) is 18.2 Å². The molecule has 220 valence electrons. The van der Waals surface area contributed by atoms with Gasteiger partial charge in [0.2, 0.25) is 17.7 Å². The molecule has 1 atom stereocenters. The van der Waals surface area contributed by atoms with Crippen LogP contribution in [-0.2, 0) is 17.4 Å². The van der Waals surface area contributed by atoms with Crippen molar-refractivity contribution in [1.29, 1.82) is 0 Å². The number of likely N-dealkylation sites (N-methyl/N-ethyl adjacent to an activating group) is 1. The lowest BCUT2D eigenvalue weighted by Gasteiger charge is -2.31. The minimum atomic E-state index is -4.76. The van der Waals surface area contributed by atoms with Crippen molar-refractivity contribution < 1.29 is 32.5 Å². The van der Waals surface area contributed by atoms with Crippen molar-refractivity contribution in [1.82, 2.24) is 25.5 Å². The second-order valence-electron chi connectivity index (χ2n) is 9.74. The monoisotopic (exact) mass is 574 g/mol. The highest BCUT2D eigenvalue weighted by Gasteiger charge is 2.36. The fourth-order valence-corrected chi connectivity index (χ4v) is 4.36. The van der Waals surface area contributed by atoms with Crippen LogP contribution < -0.4 is 25.4 Å². The summed E-state index contributed by atoms with van der Waals surface area (Å²) in [5, 5.41) is 19.3. The summed E-state index contributed by atoms with van der Waals surface area (Å²) in [5.41, 5.74) is 0.471. The summed E-state index contributed by atoms with van der Waals surface area (Å²) in [7, 11) is 5.02. The van der Waals surface area contributed by atoms with E-state index in [-0.39, 0.29) is 30.1 Å². The molecule has 10 nitrogen and oxygen atoms in total. The molecule has 1 amide bonds. The lowest BCUT2D eigenvalue weighted by Crippen LogP contribution is -2.42. The third-order valence-electron chi connectivity index (χ3n) is 6.74. The number of nitrogens with one attached hydrogen (secondary N) is 3. The molecule has 13 heteroatoms. The van der Waals surface area contributed by atoms with Gasteiger partial charge in [0, 0.05) is 19.3 Å². The average molecular weight is 575 g/mol. The van der Waals surface area contributed by atoms with E-state index in [0.29, 0.717) is 28.8 Å². The summed E-state index contributed by atoms with van der Waals surface area (Å²) >= 11 is 0. The van der Waals surface area contributed by atoms with Crippen molar-refractivity contribution in [3.63, 3.8) is 0 Å². The van der Waals surface area contributed by atoms with Crippen LogP contribution in [0, 0.1) is 0 Å². The maximum absolute atomic E-state index is 13.7. The number of rotatable bonds is 10. The molecule has 4 N–H and O–H groups in total. The molecule has 0 bridgehead atoms. The van der Waals surface area contributed by atoms with Gasteiger partial charge in [-0.2, -0.15) is 18.2 Å². The molecule has 0 saturated carbocycles. The number of carbonyl (C=O) groups excluding carboxylic acids is 1. The van der Waals surface area contributed by atoms with Crippen molar-refractivity contribution in [2.45, 2.75) is 37.7 Å². The number of methoxy groups -OCH3 is 1. The number of hydrogen-bond acceptors (Lipinski definition) is 9. The SMILES string of the molecule is CNC(=O)Cc1ccc(Oc2nc(Nc3ccc(C(O)NC4CCN(C)CC4)cc3OC)ncc2C(F)(F)F)cc1. The molecule has 1 fully saturated rings. The molecule has 1 aliphatic rings. The molecule has 1 saturated heterocycles. The number of nitrogens with zero attached hydrogens (tertiary/aromatic N) is 3. The first-order chi connectivity index (χ1) is 19.5. The summed E-state index contributed by atoms with van der Waals surface area (Å²) in [6.07, 6.45) is -3.08. The summed E-state index contributed by atoms with van der Waals surface area (Å²) in [5.74, 6) is -0.600. The van der Waals surface area contributed by atoms with Crippen LogP contribution in [0.3, 0.4) is 0 Å². The van der Waals surface area contributed by atoms with E-state index < -0.39 is 23.8 Å². The Hall–Kier alpha value is -3.94. The highest BCUT2D eigenvalue weighted by atomic mass is 19.4. The van der Waals surface area contributed by atoms with Gasteiger partial charge in [-0.3, -0.25) is 10.1 Å². The number of likely N-dealkylation sites (tertiary alicyclic amines) is 1. The predicted molar refractivity (Wildman–Crippen MR) is 146 cm³/mol. The molecule has 2 aromatic carbocycles. The van der Waals surface area contributed by atoms with Crippen LogP contribution in [0.1, 0.15) is 35.8 Å². The Morgan fingerprint density at radius 2 is 1.88 bits per heavy atom. The Morgan fingerprint density at radius 3 is 2.51 bits per heavy atom. The van der Waals surface area contributed by atoms with Crippen LogP contribution in [0.25, 0.3) is 0 Å². The number of benzene rings is 2. The number of aliphatic hydroxyl groups excluding tert-OH is 1. The molecule has 0 spiro atoms. The second kappa shape index (κ2) is 13.1. The number of carbonyl (C=O) groups is 1. The minimum Gasteiger partial charge on any atom is -0.495 e. The Bertz CT molecular complexity index is 1330. The van der Waals surface area contributed by atoms with E-state index in [0.717, 1.165) is 25.9 Å². The highest BCUT2D eigenvalue weighted by Crippen LogP contribution is 2.38. The van der Waals surface area contributed by atoms with Crippen LogP contribution in [-0.4, -0.2) is 66.2 Å². The van der Waals surface area contributed by atoms with E-state index in [1.807, 2.05) is 0 Å². The van der Waals surface area contributed by atoms with Crippen LogP contribution in [0.2, 0.25) is 0 Å². The molecule has 4 rings (SSSR count). The maximum Gasteiger partial charge on any atom is 0.423 e. The molecule has 1 unspecified atom stereocenters. The highest BCUT2D eigenvalue weighted by molar-refractivity contribution is 5.78. The number of amides is 1. The van der Waals surface area contributed by atoms with Crippen LogP contribution >= 0.6 is 0 Å². The Kier molecular flexibility index (Phi) is 9.63. The van der Waals surface area contributed by atoms with E-state index in [1.54, 1.807) is 30.3 Å². The standard InChI is InChI=1S/C28H33F3N6O4/c1-32-24(38)14-17-4-7-20(8-5-17)41-26-21(28(29,30)31)16-33-27(36-26)35-22-9-6-18(15-23(22)40-3)25(39)34-19-10-12-37(2)13-11-19/h4-9,15-16,19,25,34,39H,10-14H2,1-3H3,(H,32,38)(H,33,35,36). The molecule has 0 aliphatic carbocycles. The first kappa shape index (κ1) is 30.0. The zero-order chi connectivity index (χ0) is 29.6. The third-order valence-corrected chi connectivity index (χ3v) is 6.74. The van der Waals surface area contributed by atoms with Gasteiger partial charge in [-0.15, -0.1) is 0 Å². The number of piperidine rings is 1. The zero-order valence-corrected chi connectivity index (χ0v) is 23.0. The molecule has 1 aliphatic heterocycles. The van der Waals surface area contributed by atoms with Crippen molar-refractivity contribution in [2.24, 2.45) is 0 Å². The van der Waals surface area contributed by atoms with Gasteiger partial charge in [0.25, 0.3) is 0 Å². The van der Waals surface area contributed by atoms with Gasteiger partial charge < -0.3 is 30.1 Å². The lowest BCUT2D eigenvalue weighted by atomic mass is 10.0. The normalized spacial score (nSPS) is 15.3. The predicted octanol–water partition coefficient (Wildman–Crippen LogP) is 4.00. The van der Waals surface area contributed by atoms with Gasteiger partial charge in [0.05, 0.1) is 19.2 Å². The number of anilines is 2. The third kappa shape index (κ3) is 8.06. The van der Waals surface area contributed by atoms with E-state index in [4.69, 9.17) is 9.47 Å². The largest absolute Gasteiger partial charge is 0.495 e. The van der Waals surface area contributed by atoms with Gasteiger partial charge in [0.15, 0.2) is 0 Å². The molecule has 3 aromatic rings. The number of alkyl halides is 3. The van der Waals surface area contributed by atoms with Gasteiger partial charge in [-0.25, -0.2) is 4.98 Å². The molecule has 41 heavy (non-hydrogen) atoms. The topological polar surface area (TPSA) is 121 Å². The van der Waals surface area contributed by atoms with Crippen molar-refractivity contribution in [3.05, 3.63) is 65.4 Å². The second-order valence-corrected chi connectivity index (χ2v) is 9.74. The molecule has 1 aromatic heterocycles. The number of aliphatic hydroxyl groups is 1. The molecule has 0 radical (unpaired) electrons. The van der Waals surface area contributed by atoms with Crippen LogP contribution in [0.15, 0.2) is 48.7 Å². The van der Waals surface area contributed by atoms with Crippen LogP contribution in [0.5, 0.6) is 17.4 Å². The first-order valence-electron chi connectivity index (χ1n) is 13.0. The van der Waals surface area contributed by atoms with Crippen molar-refractivity contribution in [3.8, 4) is 17.4 Å². The van der Waals surface area contributed by atoms with Gasteiger partial charge in [0.1, 0.15) is 23.3 Å². The van der Waals surface area contributed by atoms with Gasteiger partial charge in [-0.05, 0) is 68.4 Å². The van der Waals surface area contributed by atoms with Crippen molar-refractivity contribution >= 4 is 17.5 Å². The number of aromatic nitrogens is 2. The Balaban J connectivity index is 1.51. The summed E-state index contributed by atoms with van der Waals surface area (Å²) in [4.78, 5) is 21.6. The Morgan fingerprint density at radius 1 is 1.17 bits per heavy atom. The van der Waals surface area contributed by atoms with Crippen LogP contribution in [0.4, 0.5) is 24.8 Å². The van der Waals surface area contributed by atoms with E-state index in [1.165, 1.54) is 26.3 Å². The number of halogens is 3. The Labute approximate surface area is 235 Å². The van der Waals surface area contributed by atoms with E-state index in [9.17, 15) is 23.1 Å². The number of ether oxygens (including phenoxy) is 2. The zero-order valence-electron chi connectivity index (χ0n) is 23.0. The lowest BCUT2D eigenvalue weighted by molar-refractivity contribution is -0.139. The molecular formula is C28H33F3N6O4. The smallest absolute Gasteiger partial charge is 0.423 e. The quantitative estimate of drug-likeness (QED) is 0.266. The maximum atomic E-state index is 13.7. The molecule has 2 heterocycles. The van der Waals surface area contributed by atoms with Gasteiger partial charge >= 0.3 is 6.18 Å².